The van der Waals surface area contributed by atoms with Gasteiger partial charge in [-0.3, -0.25) is 4.72 Å². The normalized spacial score (nSPS) is 13.8. The van der Waals surface area contributed by atoms with Gasteiger partial charge in [-0.1, -0.05) is 6.92 Å². The zero-order chi connectivity index (χ0) is 18.7. The van der Waals surface area contributed by atoms with Crippen LogP contribution in [0.3, 0.4) is 0 Å². The third-order valence-electron chi connectivity index (χ3n) is 3.96. The number of benzene rings is 2. The number of amides is 2. The van der Waals surface area contributed by atoms with E-state index < -0.39 is 10.0 Å². The van der Waals surface area contributed by atoms with Crippen LogP contribution in [0.25, 0.3) is 0 Å². The average molecular weight is 375 g/mol. The molecule has 2 aromatic rings. The van der Waals surface area contributed by atoms with Crippen molar-refractivity contribution in [2.45, 2.75) is 24.8 Å². The molecule has 0 unspecified atom stereocenters. The van der Waals surface area contributed by atoms with Crippen LogP contribution in [-0.2, 0) is 16.6 Å². The zero-order valence-corrected chi connectivity index (χ0v) is 15.5. The number of hydrogen-bond acceptors (Lipinski definition) is 4. The van der Waals surface area contributed by atoms with Crippen molar-refractivity contribution in [3.05, 3.63) is 48.0 Å². The first-order valence-corrected chi connectivity index (χ1v) is 9.78. The van der Waals surface area contributed by atoms with E-state index in [2.05, 4.69) is 10.0 Å². The quantitative estimate of drug-likeness (QED) is 0.811. The summed E-state index contributed by atoms with van der Waals surface area (Å²) in [6.07, 6.45) is 0.885. The average Bonchev–Trinajstić information content (AvgIpc) is 2.61. The van der Waals surface area contributed by atoms with Gasteiger partial charge < -0.3 is 15.0 Å². The highest BCUT2D eigenvalue weighted by atomic mass is 32.2. The maximum absolute atomic E-state index is 12.6. The van der Waals surface area contributed by atoms with Gasteiger partial charge in [0.15, 0.2) is 0 Å². The molecule has 2 aromatic carbocycles. The van der Waals surface area contributed by atoms with Crippen molar-refractivity contribution in [1.29, 1.82) is 0 Å². The maximum atomic E-state index is 12.6. The molecular weight excluding hydrogens is 354 g/mol. The molecule has 0 saturated carbocycles. The maximum Gasteiger partial charge on any atom is 0.321 e. The first kappa shape index (κ1) is 18.1. The summed E-state index contributed by atoms with van der Waals surface area (Å²) in [5, 5.41) is 2.75. The number of fused-ring (bicyclic) bond motifs is 1. The SMILES string of the molecule is CCCOc1ccc(S(=O)(=O)Nc2ccc3c(c2)CN(C)C(=O)N3)cc1. The molecule has 138 valence electrons. The Morgan fingerprint density at radius 3 is 2.62 bits per heavy atom. The lowest BCUT2D eigenvalue weighted by Gasteiger charge is -2.26. The van der Waals surface area contributed by atoms with Crippen molar-refractivity contribution >= 4 is 27.4 Å². The van der Waals surface area contributed by atoms with Crippen molar-refractivity contribution in [3.8, 4) is 5.75 Å². The molecule has 0 radical (unpaired) electrons. The first-order chi connectivity index (χ1) is 12.4. The second kappa shape index (κ2) is 7.25. The molecule has 7 nitrogen and oxygen atoms in total. The van der Waals surface area contributed by atoms with E-state index in [4.69, 9.17) is 4.74 Å². The van der Waals surface area contributed by atoms with Crippen molar-refractivity contribution in [2.75, 3.05) is 23.7 Å². The van der Waals surface area contributed by atoms with Crippen LogP contribution in [0, 0.1) is 0 Å². The number of anilines is 2. The van der Waals surface area contributed by atoms with Gasteiger partial charge in [-0.2, -0.15) is 0 Å². The summed E-state index contributed by atoms with van der Waals surface area (Å²) < 4.78 is 33.2. The van der Waals surface area contributed by atoms with E-state index in [0.717, 1.165) is 12.0 Å². The van der Waals surface area contributed by atoms with Gasteiger partial charge in [-0.25, -0.2) is 13.2 Å². The summed E-state index contributed by atoms with van der Waals surface area (Å²) in [5.74, 6) is 0.637. The van der Waals surface area contributed by atoms with Crippen LogP contribution >= 0.6 is 0 Å². The minimum atomic E-state index is -3.71. The molecule has 3 rings (SSSR count). The van der Waals surface area contributed by atoms with E-state index in [9.17, 15) is 13.2 Å². The van der Waals surface area contributed by atoms with Crippen LogP contribution in [0.15, 0.2) is 47.4 Å². The number of urea groups is 1. The zero-order valence-electron chi connectivity index (χ0n) is 14.7. The molecular formula is C18H21N3O4S. The van der Waals surface area contributed by atoms with Crippen LogP contribution in [-0.4, -0.2) is 33.0 Å². The number of nitrogens with one attached hydrogen (secondary N) is 2. The van der Waals surface area contributed by atoms with Crippen molar-refractivity contribution in [3.63, 3.8) is 0 Å². The fourth-order valence-corrected chi connectivity index (χ4v) is 3.65. The minimum absolute atomic E-state index is 0.157. The number of carbonyl (C=O) groups is 1. The van der Waals surface area contributed by atoms with Crippen molar-refractivity contribution in [1.82, 2.24) is 4.90 Å². The Morgan fingerprint density at radius 2 is 1.92 bits per heavy atom. The van der Waals surface area contributed by atoms with Crippen LogP contribution in [0.2, 0.25) is 0 Å². The third-order valence-corrected chi connectivity index (χ3v) is 5.36. The van der Waals surface area contributed by atoms with Crippen LogP contribution in [0.4, 0.5) is 16.2 Å². The first-order valence-electron chi connectivity index (χ1n) is 8.30. The Balaban J connectivity index is 1.77. The van der Waals surface area contributed by atoms with E-state index in [1.54, 1.807) is 37.4 Å². The summed E-state index contributed by atoms with van der Waals surface area (Å²) >= 11 is 0. The Bertz CT molecular complexity index is 911. The molecule has 0 atom stereocenters. The minimum Gasteiger partial charge on any atom is -0.494 e. The van der Waals surface area contributed by atoms with Gasteiger partial charge in [0.25, 0.3) is 10.0 Å². The molecule has 0 bridgehead atoms. The lowest BCUT2D eigenvalue weighted by atomic mass is 10.1. The van der Waals surface area contributed by atoms with E-state index >= 15 is 0 Å². The number of ether oxygens (including phenoxy) is 1. The van der Waals surface area contributed by atoms with Crippen LogP contribution < -0.4 is 14.8 Å². The van der Waals surface area contributed by atoms with E-state index in [1.165, 1.54) is 17.0 Å². The predicted octanol–water partition coefficient (Wildman–Crippen LogP) is 3.25. The number of rotatable bonds is 6. The Kier molecular flexibility index (Phi) is 5.03. The second-order valence-corrected chi connectivity index (χ2v) is 7.77. The summed E-state index contributed by atoms with van der Waals surface area (Å²) in [7, 11) is -2.03. The highest BCUT2D eigenvalue weighted by molar-refractivity contribution is 7.92. The Labute approximate surface area is 153 Å². The fraction of sp³-hybridized carbons (Fsp3) is 0.278. The number of sulfonamides is 1. The predicted molar refractivity (Wildman–Crippen MR) is 100.0 cm³/mol. The van der Waals surface area contributed by atoms with Gasteiger partial charge in [0.05, 0.1) is 11.5 Å². The summed E-state index contributed by atoms with van der Waals surface area (Å²) in [5.41, 5.74) is 1.98. The fourth-order valence-electron chi connectivity index (χ4n) is 2.60. The molecule has 26 heavy (non-hydrogen) atoms. The molecule has 1 aliphatic rings. The topological polar surface area (TPSA) is 87.7 Å². The highest BCUT2D eigenvalue weighted by Gasteiger charge is 2.20. The Hall–Kier alpha value is -2.74. The third kappa shape index (κ3) is 3.91. The van der Waals surface area contributed by atoms with Gasteiger partial charge >= 0.3 is 6.03 Å². The smallest absolute Gasteiger partial charge is 0.321 e. The number of carbonyl (C=O) groups excluding carboxylic acids is 1. The van der Waals surface area contributed by atoms with Gasteiger partial charge in [-0.05, 0) is 54.4 Å². The lowest BCUT2D eigenvalue weighted by molar-refractivity contribution is 0.218. The van der Waals surface area contributed by atoms with Crippen molar-refractivity contribution < 1.29 is 17.9 Å². The number of nitrogens with zero attached hydrogens (tertiary/aromatic N) is 1. The molecule has 1 aliphatic heterocycles. The van der Waals surface area contributed by atoms with Gasteiger partial charge in [0, 0.05) is 25.0 Å². The van der Waals surface area contributed by atoms with Crippen LogP contribution in [0.5, 0.6) is 5.75 Å². The molecule has 0 spiro atoms. The Morgan fingerprint density at radius 1 is 1.19 bits per heavy atom. The molecule has 2 N–H and O–H groups in total. The largest absolute Gasteiger partial charge is 0.494 e. The molecule has 8 heteroatoms. The molecule has 0 aliphatic carbocycles. The molecule has 0 fully saturated rings. The van der Waals surface area contributed by atoms with Gasteiger partial charge in [-0.15, -0.1) is 0 Å². The number of hydrogen-bond donors (Lipinski definition) is 2. The van der Waals surface area contributed by atoms with Gasteiger partial charge in [0.2, 0.25) is 0 Å². The summed E-state index contributed by atoms with van der Waals surface area (Å²) in [4.78, 5) is 13.3. The summed E-state index contributed by atoms with van der Waals surface area (Å²) in [6, 6.07) is 11.2. The van der Waals surface area contributed by atoms with Crippen molar-refractivity contribution in [2.24, 2.45) is 0 Å². The molecule has 0 aromatic heterocycles. The molecule has 2 amide bonds. The van der Waals surface area contributed by atoms with E-state index in [0.29, 0.717) is 30.3 Å². The summed E-state index contributed by atoms with van der Waals surface area (Å²) in [6.45, 7) is 3.01. The highest BCUT2D eigenvalue weighted by Crippen LogP contribution is 2.27. The molecule has 0 saturated heterocycles. The van der Waals surface area contributed by atoms with E-state index in [-0.39, 0.29) is 10.9 Å². The van der Waals surface area contributed by atoms with E-state index in [1.807, 2.05) is 6.92 Å². The standard InChI is InChI=1S/C18H21N3O4S/c1-3-10-25-15-5-7-16(8-6-15)26(23,24)20-14-4-9-17-13(11-14)12-21(2)18(22)19-17/h4-9,11,20H,3,10,12H2,1-2H3,(H,19,22). The monoisotopic (exact) mass is 375 g/mol. The lowest BCUT2D eigenvalue weighted by Crippen LogP contribution is -2.35. The molecule has 1 heterocycles. The second-order valence-electron chi connectivity index (χ2n) is 6.08. The van der Waals surface area contributed by atoms with Crippen LogP contribution in [0.1, 0.15) is 18.9 Å². The van der Waals surface area contributed by atoms with Gasteiger partial charge in [0.1, 0.15) is 5.75 Å².